The fourth-order valence-corrected chi connectivity index (χ4v) is 4.09. The molecule has 9 heteroatoms. The minimum Gasteiger partial charge on any atom is -0.480 e. The fraction of sp³-hybridized carbons (Fsp3) is 0.857. The van der Waals surface area contributed by atoms with Gasteiger partial charge < -0.3 is 14.7 Å². The van der Waals surface area contributed by atoms with Crippen LogP contribution in [0.15, 0.2) is 0 Å². The summed E-state index contributed by atoms with van der Waals surface area (Å²) in [7, 11) is 0. The highest BCUT2D eigenvalue weighted by Gasteiger charge is 2.49. The largest absolute Gasteiger partial charge is 0.480 e. The van der Waals surface area contributed by atoms with Crippen molar-refractivity contribution in [3.63, 3.8) is 0 Å². The van der Waals surface area contributed by atoms with Gasteiger partial charge in [0, 0.05) is 37.3 Å². The number of hydrogen-bond donors (Lipinski definition) is 1. The van der Waals surface area contributed by atoms with Gasteiger partial charge in [-0.2, -0.15) is 0 Å². The molecule has 1 aliphatic carbocycles. The number of alkyl halides is 2. The van der Waals surface area contributed by atoms with Crippen molar-refractivity contribution in [3.05, 3.63) is 0 Å². The summed E-state index contributed by atoms with van der Waals surface area (Å²) in [5.74, 6) is -4.14. The fourth-order valence-electron chi connectivity index (χ4n) is 4.09. The maximum Gasteiger partial charge on any atom is 0.411 e. The zero-order chi connectivity index (χ0) is 23.1. The van der Waals surface area contributed by atoms with E-state index in [0.717, 1.165) is 4.90 Å². The lowest BCUT2D eigenvalue weighted by atomic mass is 9.86. The average Bonchev–Trinajstić information content (AvgIpc) is 2.99. The van der Waals surface area contributed by atoms with Crippen LogP contribution in [0.1, 0.15) is 73.6 Å². The Morgan fingerprint density at radius 1 is 1.03 bits per heavy atom. The number of halogens is 2. The summed E-state index contributed by atoms with van der Waals surface area (Å²) in [6.45, 7) is 10.3. The maximum atomic E-state index is 13.7. The summed E-state index contributed by atoms with van der Waals surface area (Å²) >= 11 is 0. The van der Waals surface area contributed by atoms with Gasteiger partial charge in [0.1, 0.15) is 11.6 Å². The number of aliphatic carboxylic acids is 1. The van der Waals surface area contributed by atoms with Gasteiger partial charge in [0.15, 0.2) is 0 Å². The third kappa shape index (κ3) is 5.82. The molecule has 1 saturated heterocycles. The first-order valence-corrected chi connectivity index (χ1v) is 10.4. The van der Waals surface area contributed by atoms with Crippen molar-refractivity contribution >= 4 is 18.0 Å². The van der Waals surface area contributed by atoms with Gasteiger partial charge in [-0.15, -0.1) is 0 Å². The van der Waals surface area contributed by atoms with E-state index in [-0.39, 0.29) is 44.6 Å². The van der Waals surface area contributed by atoms with Crippen molar-refractivity contribution in [2.75, 3.05) is 6.54 Å². The highest BCUT2D eigenvalue weighted by molar-refractivity contribution is 5.84. The molecule has 1 saturated carbocycles. The lowest BCUT2D eigenvalue weighted by Gasteiger charge is -2.43. The Balaban J connectivity index is 2.30. The number of ether oxygens (including phenoxy) is 1. The molecule has 0 bridgehead atoms. The van der Waals surface area contributed by atoms with E-state index in [4.69, 9.17) is 4.74 Å². The number of amides is 2. The molecular weight excluding hydrogens is 398 g/mol. The normalized spacial score (nSPS) is 25.1. The molecule has 172 valence electrons. The van der Waals surface area contributed by atoms with Gasteiger partial charge in [-0.1, -0.05) is 20.8 Å². The molecule has 7 nitrogen and oxygen atoms in total. The van der Waals surface area contributed by atoms with Crippen LogP contribution in [0.4, 0.5) is 13.6 Å². The average molecular weight is 433 g/mol. The van der Waals surface area contributed by atoms with Gasteiger partial charge in [-0.3, -0.25) is 9.69 Å². The molecule has 1 aliphatic heterocycles. The van der Waals surface area contributed by atoms with Gasteiger partial charge in [0.25, 0.3) is 0 Å². The van der Waals surface area contributed by atoms with Gasteiger partial charge in [0.05, 0.1) is 6.04 Å². The maximum absolute atomic E-state index is 13.7. The lowest BCUT2D eigenvalue weighted by molar-refractivity contribution is -0.148. The van der Waals surface area contributed by atoms with E-state index in [1.54, 1.807) is 46.4 Å². The van der Waals surface area contributed by atoms with Crippen LogP contribution >= 0.6 is 0 Å². The zero-order valence-electron chi connectivity index (χ0n) is 18.7. The van der Waals surface area contributed by atoms with Crippen LogP contribution < -0.4 is 0 Å². The highest BCUT2D eigenvalue weighted by atomic mass is 19.3. The smallest absolute Gasteiger partial charge is 0.411 e. The van der Waals surface area contributed by atoms with Crippen LogP contribution in [0.2, 0.25) is 0 Å². The molecule has 2 fully saturated rings. The van der Waals surface area contributed by atoms with Crippen molar-refractivity contribution in [2.24, 2.45) is 5.41 Å². The molecule has 1 heterocycles. The van der Waals surface area contributed by atoms with E-state index in [1.165, 1.54) is 0 Å². The van der Waals surface area contributed by atoms with Crippen molar-refractivity contribution in [2.45, 2.75) is 103 Å². The molecule has 0 radical (unpaired) electrons. The molecule has 0 aromatic carbocycles. The number of likely N-dealkylation sites (tertiary alicyclic amines) is 1. The second-order valence-corrected chi connectivity index (χ2v) is 10.4. The molecule has 1 N–H and O–H groups in total. The number of carboxylic acid groups (broad SMARTS) is 1. The molecule has 30 heavy (non-hydrogen) atoms. The van der Waals surface area contributed by atoms with Crippen LogP contribution in [-0.2, 0) is 14.3 Å². The Hall–Kier alpha value is -1.93. The van der Waals surface area contributed by atoms with Crippen LogP contribution in [0.5, 0.6) is 0 Å². The molecule has 0 unspecified atom stereocenters. The summed E-state index contributed by atoms with van der Waals surface area (Å²) < 4.78 is 32.7. The lowest BCUT2D eigenvalue weighted by Crippen LogP contribution is -2.54. The van der Waals surface area contributed by atoms with Crippen LogP contribution in [0.25, 0.3) is 0 Å². The SMILES string of the molecule is CC(C)(C)OC(=O)N1C[C@@H](N(C(=O)C(C)(C)C)C2CCC(F)(F)CC2)C[C@H]1C(=O)O. The molecule has 2 atom stereocenters. The van der Waals surface area contributed by atoms with E-state index in [0.29, 0.717) is 0 Å². The van der Waals surface area contributed by atoms with E-state index >= 15 is 0 Å². The second-order valence-electron chi connectivity index (χ2n) is 10.4. The standard InChI is InChI=1S/C21H34F2N2O5/c1-19(2,3)17(28)25(13-7-9-21(22,23)10-8-13)14-11-15(16(26)27)24(12-14)18(29)30-20(4,5)6/h13-15H,7-12H2,1-6H3,(H,26,27)/t14-,15-/m0/s1. The molecule has 0 spiro atoms. The zero-order valence-corrected chi connectivity index (χ0v) is 18.7. The molecule has 0 aromatic heterocycles. The van der Waals surface area contributed by atoms with Gasteiger partial charge in [0.2, 0.25) is 11.8 Å². The van der Waals surface area contributed by atoms with Gasteiger partial charge in [-0.05, 0) is 33.6 Å². The molecule has 0 aromatic rings. The van der Waals surface area contributed by atoms with Crippen molar-refractivity contribution < 1.29 is 33.0 Å². The quantitative estimate of drug-likeness (QED) is 0.731. The molecule has 2 rings (SSSR count). The van der Waals surface area contributed by atoms with E-state index in [9.17, 15) is 28.3 Å². The summed E-state index contributed by atoms with van der Waals surface area (Å²) in [5.41, 5.74) is -1.56. The third-order valence-corrected chi connectivity index (χ3v) is 5.54. The van der Waals surface area contributed by atoms with Crippen molar-refractivity contribution in [1.29, 1.82) is 0 Å². The first-order chi connectivity index (χ1) is 13.5. The summed E-state index contributed by atoms with van der Waals surface area (Å²) in [5, 5.41) is 9.66. The Morgan fingerprint density at radius 2 is 1.57 bits per heavy atom. The summed E-state index contributed by atoms with van der Waals surface area (Å²) in [6.07, 6.45) is -1.03. The highest BCUT2D eigenvalue weighted by Crippen LogP contribution is 2.39. The number of carbonyl (C=O) groups excluding carboxylic acids is 2. The predicted molar refractivity (Wildman–Crippen MR) is 106 cm³/mol. The Bertz CT molecular complexity index is 674. The van der Waals surface area contributed by atoms with Gasteiger partial charge in [-0.25, -0.2) is 18.4 Å². The number of rotatable bonds is 3. The molecular formula is C21H34F2N2O5. The number of hydrogen-bond acceptors (Lipinski definition) is 4. The summed E-state index contributed by atoms with van der Waals surface area (Å²) in [6, 6.07) is -2.11. The van der Waals surface area contributed by atoms with E-state index < -0.39 is 47.1 Å². The number of carboxylic acids is 1. The third-order valence-electron chi connectivity index (χ3n) is 5.54. The molecule has 2 aliphatic rings. The minimum atomic E-state index is -2.74. The number of carbonyl (C=O) groups is 3. The molecule has 2 amide bonds. The monoisotopic (exact) mass is 432 g/mol. The van der Waals surface area contributed by atoms with Crippen LogP contribution in [0.3, 0.4) is 0 Å². The van der Waals surface area contributed by atoms with E-state index in [1.807, 2.05) is 0 Å². The van der Waals surface area contributed by atoms with Crippen molar-refractivity contribution in [1.82, 2.24) is 9.80 Å². The first kappa shape index (κ1) is 24.3. The van der Waals surface area contributed by atoms with Crippen molar-refractivity contribution in [3.8, 4) is 0 Å². The Labute approximate surface area is 176 Å². The van der Waals surface area contributed by atoms with Crippen LogP contribution in [0, 0.1) is 5.41 Å². The topological polar surface area (TPSA) is 87.2 Å². The Kier molecular flexibility index (Phi) is 6.74. The first-order valence-electron chi connectivity index (χ1n) is 10.4. The van der Waals surface area contributed by atoms with Crippen LogP contribution in [-0.4, -0.2) is 69.1 Å². The number of nitrogens with zero attached hydrogens (tertiary/aromatic N) is 2. The predicted octanol–water partition coefficient (Wildman–Crippen LogP) is 3.90. The Morgan fingerprint density at radius 3 is 2.00 bits per heavy atom. The second kappa shape index (κ2) is 8.30. The van der Waals surface area contributed by atoms with Gasteiger partial charge >= 0.3 is 12.1 Å². The minimum absolute atomic E-state index is 0.000588. The summed E-state index contributed by atoms with van der Waals surface area (Å²) in [4.78, 5) is 40.4. The van der Waals surface area contributed by atoms with E-state index in [2.05, 4.69) is 0 Å².